The van der Waals surface area contributed by atoms with Crippen LogP contribution < -0.4 is 15.8 Å². The number of nitrogens with two attached hydrogens (primary N) is 1. The van der Waals surface area contributed by atoms with Crippen molar-refractivity contribution < 1.29 is 14.3 Å². The number of carbonyl (C=O) groups is 1. The Morgan fingerprint density at radius 1 is 1.17 bits per heavy atom. The minimum Gasteiger partial charge on any atom is -0.488 e. The minimum atomic E-state index is -0.792. The Bertz CT molecular complexity index is 995. The molecule has 0 atom stereocenters. The molecule has 11 heteroatoms. The van der Waals surface area contributed by atoms with Crippen molar-refractivity contribution in [1.82, 2.24) is 0 Å². The van der Waals surface area contributed by atoms with Gasteiger partial charge in [-0.15, -0.1) is 0 Å². The largest absolute Gasteiger partial charge is 0.488 e. The van der Waals surface area contributed by atoms with Crippen molar-refractivity contribution in [3.63, 3.8) is 0 Å². The van der Waals surface area contributed by atoms with Crippen LogP contribution in [0.4, 0.5) is 16.2 Å². The molecule has 3 N–H and O–H groups in total. The molecule has 29 heavy (non-hydrogen) atoms. The fourth-order valence-electron chi connectivity index (χ4n) is 2.51. The third-order valence-electron chi connectivity index (χ3n) is 4.12. The van der Waals surface area contributed by atoms with Crippen molar-refractivity contribution in [2.24, 2.45) is 10.2 Å². The van der Waals surface area contributed by atoms with E-state index in [1.54, 1.807) is 18.2 Å². The van der Waals surface area contributed by atoms with Gasteiger partial charge in [0.25, 0.3) is 0 Å². The molecule has 2 rings (SSSR count). The molecule has 150 valence electrons. The van der Waals surface area contributed by atoms with Crippen LogP contribution in [0.5, 0.6) is 5.75 Å². The quantitative estimate of drug-likeness (QED) is 0.274. The summed E-state index contributed by atoms with van der Waals surface area (Å²) < 4.78 is 10.7. The number of hydrogen-bond acceptors (Lipinski definition) is 6. The molecule has 2 aromatic carbocycles. The highest BCUT2D eigenvalue weighted by Gasteiger charge is 2.13. The molecule has 0 aliphatic rings. The van der Waals surface area contributed by atoms with Crippen LogP contribution in [-0.2, 0) is 17.9 Å². The van der Waals surface area contributed by atoms with Crippen LogP contribution in [0.15, 0.2) is 40.6 Å². The number of amides is 1. The molecule has 0 unspecified atom stereocenters. The van der Waals surface area contributed by atoms with Crippen molar-refractivity contribution in [1.29, 1.82) is 0 Å². The van der Waals surface area contributed by atoms with E-state index in [0.29, 0.717) is 22.7 Å². The van der Waals surface area contributed by atoms with E-state index in [-0.39, 0.29) is 13.2 Å². The van der Waals surface area contributed by atoms with Crippen molar-refractivity contribution in [3.05, 3.63) is 73.5 Å². The third-order valence-corrected chi connectivity index (χ3v) is 4.12. The number of hydrogen-bond donors (Lipinski definition) is 2. The molecule has 0 radical (unpaired) electrons. The lowest BCUT2D eigenvalue weighted by atomic mass is 10.0. The van der Waals surface area contributed by atoms with Gasteiger partial charge in [0.05, 0.1) is 12.2 Å². The zero-order chi connectivity index (χ0) is 21.2. The zero-order valence-electron chi connectivity index (χ0n) is 16.0. The second-order valence-corrected chi connectivity index (χ2v) is 6.01. The van der Waals surface area contributed by atoms with Crippen LogP contribution in [0.2, 0.25) is 0 Å². The first-order valence-corrected chi connectivity index (χ1v) is 8.52. The molecule has 2 aromatic rings. The van der Waals surface area contributed by atoms with Gasteiger partial charge in [-0.25, -0.2) is 4.79 Å². The van der Waals surface area contributed by atoms with Crippen molar-refractivity contribution >= 4 is 17.5 Å². The minimum absolute atomic E-state index is 0.0599. The van der Waals surface area contributed by atoms with Crippen LogP contribution in [0.1, 0.15) is 22.3 Å². The summed E-state index contributed by atoms with van der Waals surface area (Å²) >= 11 is 0. The Morgan fingerprint density at radius 2 is 1.90 bits per heavy atom. The van der Waals surface area contributed by atoms with E-state index in [9.17, 15) is 4.79 Å². The fraction of sp³-hybridized carbons (Fsp3) is 0.278. The smallest absolute Gasteiger partial charge is 0.411 e. The monoisotopic (exact) mass is 396 g/mol. The van der Waals surface area contributed by atoms with Crippen LogP contribution in [0.25, 0.3) is 20.9 Å². The van der Waals surface area contributed by atoms with Crippen LogP contribution in [-0.4, -0.2) is 12.8 Å². The summed E-state index contributed by atoms with van der Waals surface area (Å²) in [5.74, 6) is 0.556. The van der Waals surface area contributed by atoms with E-state index in [1.165, 1.54) is 0 Å². The van der Waals surface area contributed by atoms with Gasteiger partial charge in [0.15, 0.2) is 6.73 Å². The van der Waals surface area contributed by atoms with Gasteiger partial charge in [0, 0.05) is 26.6 Å². The zero-order valence-corrected chi connectivity index (χ0v) is 16.0. The van der Waals surface area contributed by atoms with E-state index < -0.39 is 12.8 Å². The summed E-state index contributed by atoms with van der Waals surface area (Å²) in [6.45, 7) is 3.68. The molecule has 1 amide bonds. The lowest BCUT2D eigenvalue weighted by Gasteiger charge is -2.17. The topological polar surface area (TPSA) is 171 Å². The predicted octanol–water partition coefficient (Wildman–Crippen LogP) is 5.09. The van der Waals surface area contributed by atoms with Crippen molar-refractivity contribution in [3.8, 4) is 5.75 Å². The lowest BCUT2D eigenvalue weighted by Crippen LogP contribution is -2.16. The maximum atomic E-state index is 11.8. The van der Waals surface area contributed by atoms with Gasteiger partial charge >= 0.3 is 6.09 Å². The summed E-state index contributed by atoms with van der Waals surface area (Å²) in [5.41, 5.74) is 27.0. The predicted molar refractivity (Wildman–Crippen MR) is 108 cm³/mol. The highest BCUT2D eigenvalue weighted by molar-refractivity contribution is 5.87. The molecule has 0 saturated heterocycles. The second kappa shape index (κ2) is 10.3. The number of aryl methyl sites for hydroxylation is 2. The summed E-state index contributed by atoms with van der Waals surface area (Å²) in [5, 5.41) is 9.28. The Labute approximate surface area is 166 Å². The number of rotatable bonds is 8. The summed E-state index contributed by atoms with van der Waals surface area (Å²) in [4.78, 5) is 17.1. The van der Waals surface area contributed by atoms with Gasteiger partial charge in [-0.3, -0.25) is 5.32 Å². The molecule has 0 spiro atoms. The summed E-state index contributed by atoms with van der Waals surface area (Å²) in [6.07, 6.45) is -0.792. The van der Waals surface area contributed by atoms with Gasteiger partial charge in [0.2, 0.25) is 0 Å². The van der Waals surface area contributed by atoms with Crippen LogP contribution in [0, 0.1) is 13.8 Å². The van der Waals surface area contributed by atoms with E-state index in [4.69, 9.17) is 26.3 Å². The molecule has 11 nitrogen and oxygen atoms in total. The molecule has 0 aromatic heterocycles. The first kappa shape index (κ1) is 21.2. The van der Waals surface area contributed by atoms with Crippen molar-refractivity contribution in [2.45, 2.75) is 27.0 Å². The maximum absolute atomic E-state index is 11.8. The number of ether oxygens (including phenoxy) is 2. The van der Waals surface area contributed by atoms with E-state index >= 15 is 0 Å². The van der Waals surface area contributed by atoms with Gasteiger partial charge in [-0.05, 0) is 54.2 Å². The third kappa shape index (κ3) is 5.96. The average Bonchev–Trinajstić information content (AvgIpc) is 2.69. The first-order chi connectivity index (χ1) is 14.0. The second-order valence-electron chi connectivity index (χ2n) is 6.01. The number of benzene rings is 2. The number of azide groups is 2. The number of nitrogens with zero attached hydrogens (tertiary/aromatic N) is 6. The highest BCUT2D eigenvalue weighted by Crippen LogP contribution is 2.28. The normalized spacial score (nSPS) is 9.72. The molecule has 0 heterocycles. The van der Waals surface area contributed by atoms with Crippen molar-refractivity contribution in [2.75, 3.05) is 17.8 Å². The SMILES string of the molecule is Cc1cc(CN=[N+]=[N-])c(OCc2c(N)cccc2NC(=O)OCN=[N+]=[N-])cc1C. The Kier molecular flexibility index (Phi) is 7.55. The van der Waals surface area contributed by atoms with E-state index in [1.807, 2.05) is 26.0 Å². The Balaban J connectivity index is 2.22. The molecule has 0 aliphatic heterocycles. The van der Waals surface area contributed by atoms with E-state index in [0.717, 1.165) is 16.7 Å². The maximum Gasteiger partial charge on any atom is 0.411 e. The average molecular weight is 396 g/mol. The molecule has 0 aliphatic carbocycles. The van der Waals surface area contributed by atoms with Gasteiger partial charge < -0.3 is 15.2 Å². The number of carbonyl (C=O) groups excluding carboxylic acids is 1. The Morgan fingerprint density at radius 3 is 2.62 bits per heavy atom. The van der Waals surface area contributed by atoms with Gasteiger partial charge in [-0.1, -0.05) is 22.4 Å². The van der Waals surface area contributed by atoms with Gasteiger partial charge in [0.1, 0.15) is 12.4 Å². The van der Waals surface area contributed by atoms with E-state index in [2.05, 4.69) is 25.4 Å². The molecule has 0 saturated carbocycles. The molecule has 0 fully saturated rings. The number of nitrogen functional groups attached to an aromatic ring is 1. The highest BCUT2D eigenvalue weighted by atomic mass is 16.6. The Hall–Kier alpha value is -4.07. The van der Waals surface area contributed by atoms with Crippen LogP contribution in [0.3, 0.4) is 0 Å². The standard InChI is InChI=1S/C18H20N8O3/c1-11-6-13(8-22-25-20)17(7-12(11)2)28-9-14-15(19)4-3-5-16(14)24-18(27)29-10-23-26-21/h3-7H,8-10,19H2,1-2H3,(H,24,27). The van der Waals surface area contributed by atoms with Crippen LogP contribution >= 0.6 is 0 Å². The first-order valence-electron chi connectivity index (χ1n) is 8.52. The molecular weight excluding hydrogens is 376 g/mol. The molecular formula is C18H20N8O3. The number of nitrogens with one attached hydrogen (secondary N) is 1. The summed E-state index contributed by atoms with van der Waals surface area (Å²) in [7, 11) is 0. The number of anilines is 2. The molecule has 0 bridgehead atoms. The lowest BCUT2D eigenvalue weighted by molar-refractivity contribution is 0.165. The van der Waals surface area contributed by atoms with Gasteiger partial charge in [-0.2, -0.15) is 0 Å². The summed E-state index contributed by atoms with van der Waals surface area (Å²) in [6, 6.07) is 8.75. The fourth-order valence-corrected chi connectivity index (χ4v) is 2.51.